The highest BCUT2D eigenvalue weighted by Gasteiger charge is 2.21. The number of amides is 2. The predicted octanol–water partition coefficient (Wildman–Crippen LogP) is 1.04. The lowest BCUT2D eigenvalue weighted by atomic mass is 9.96. The first-order valence-corrected chi connectivity index (χ1v) is 8.31. The van der Waals surface area contributed by atoms with Crippen LogP contribution in [0.15, 0.2) is 41.4 Å². The van der Waals surface area contributed by atoms with Gasteiger partial charge in [0.1, 0.15) is 6.26 Å². The van der Waals surface area contributed by atoms with E-state index in [1.165, 1.54) is 17.9 Å². The van der Waals surface area contributed by atoms with Crippen LogP contribution in [0.2, 0.25) is 0 Å². The topological polar surface area (TPSA) is 100 Å². The van der Waals surface area contributed by atoms with Gasteiger partial charge in [-0.1, -0.05) is 5.16 Å². The van der Waals surface area contributed by atoms with E-state index in [9.17, 15) is 9.59 Å². The monoisotopic (exact) mass is 343 g/mol. The molecule has 0 aromatic carbocycles. The van der Waals surface area contributed by atoms with Gasteiger partial charge in [0.25, 0.3) is 0 Å². The van der Waals surface area contributed by atoms with Crippen molar-refractivity contribution in [3.05, 3.63) is 42.4 Å². The zero-order chi connectivity index (χ0) is 17.5. The first kappa shape index (κ1) is 17.1. The van der Waals surface area contributed by atoms with Crippen molar-refractivity contribution < 1.29 is 14.1 Å². The molecule has 2 amide bonds. The van der Waals surface area contributed by atoms with Crippen LogP contribution in [0, 0.1) is 5.92 Å². The molecule has 2 aromatic heterocycles. The maximum Gasteiger partial charge on any atom is 0.314 e. The number of nitrogens with zero attached hydrogens (tertiary/aromatic N) is 3. The van der Waals surface area contributed by atoms with Crippen LogP contribution in [0.4, 0.5) is 5.82 Å². The van der Waals surface area contributed by atoms with Crippen LogP contribution in [0.1, 0.15) is 18.4 Å². The molecule has 1 fully saturated rings. The normalized spacial score (nSPS) is 15.7. The number of aromatic nitrogens is 2. The number of rotatable bonds is 5. The Morgan fingerprint density at radius 2 is 1.92 bits per heavy atom. The summed E-state index contributed by atoms with van der Waals surface area (Å²) >= 11 is 0. The molecule has 0 unspecified atom stereocenters. The van der Waals surface area contributed by atoms with Crippen LogP contribution < -0.4 is 10.6 Å². The molecular formula is C17H21N5O3. The number of likely N-dealkylation sites (tertiary alicyclic amines) is 1. The van der Waals surface area contributed by atoms with Crippen LogP contribution in [0.25, 0.3) is 0 Å². The number of carbonyl (C=O) groups excluding carboxylic acids is 2. The van der Waals surface area contributed by atoms with Gasteiger partial charge in [-0.15, -0.1) is 0 Å². The summed E-state index contributed by atoms with van der Waals surface area (Å²) in [7, 11) is 0. The molecule has 1 aliphatic rings. The first-order valence-electron chi connectivity index (χ1n) is 8.31. The van der Waals surface area contributed by atoms with Crippen LogP contribution >= 0.6 is 0 Å². The number of hydrogen-bond acceptors (Lipinski definition) is 6. The summed E-state index contributed by atoms with van der Waals surface area (Å²) in [5.41, 5.74) is 1.26. The van der Waals surface area contributed by atoms with Gasteiger partial charge in [-0.05, 0) is 49.5 Å². The number of nitrogens with one attached hydrogen (secondary N) is 2. The molecule has 8 nitrogen and oxygen atoms in total. The highest BCUT2D eigenvalue weighted by Crippen LogP contribution is 2.18. The molecule has 0 atom stereocenters. The van der Waals surface area contributed by atoms with Crippen molar-refractivity contribution in [3.63, 3.8) is 0 Å². The molecule has 0 aliphatic carbocycles. The smallest absolute Gasteiger partial charge is 0.314 e. The Bertz CT molecular complexity index is 682. The van der Waals surface area contributed by atoms with Gasteiger partial charge in [0.05, 0.1) is 0 Å². The number of anilines is 1. The van der Waals surface area contributed by atoms with Gasteiger partial charge in [0.15, 0.2) is 5.82 Å². The Kier molecular flexibility index (Phi) is 5.73. The molecule has 1 aliphatic heterocycles. The zero-order valence-electron chi connectivity index (χ0n) is 13.9. The molecule has 0 spiro atoms. The van der Waals surface area contributed by atoms with Crippen molar-refractivity contribution in [1.82, 2.24) is 20.4 Å². The third kappa shape index (κ3) is 5.12. The van der Waals surface area contributed by atoms with E-state index in [0.29, 0.717) is 12.5 Å². The van der Waals surface area contributed by atoms with Crippen molar-refractivity contribution in [2.75, 3.05) is 25.0 Å². The predicted molar refractivity (Wildman–Crippen MR) is 90.4 cm³/mol. The quantitative estimate of drug-likeness (QED) is 0.787. The summed E-state index contributed by atoms with van der Waals surface area (Å²) in [6.45, 7) is 3.39. The van der Waals surface area contributed by atoms with Gasteiger partial charge >= 0.3 is 11.8 Å². The van der Waals surface area contributed by atoms with Crippen LogP contribution in [-0.4, -0.2) is 46.5 Å². The second kappa shape index (κ2) is 8.39. The fourth-order valence-corrected chi connectivity index (χ4v) is 2.86. The molecule has 3 rings (SSSR count). The third-order valence-electron chi connectivity index (χ3n) is 4.30. The minimum absolute atomic E-state index is 0.226. The summed E-state index contributed by atoms with van der Waals surface area (Å²) in [5, 5.41) is 8.60. The van der Waals surface area contributed by atoms with E-state index in [1.807, 2.05) is 24.5 Å². The van der Waals surface area contributed by atoms with E-state index in [1.54, 1.807) is 0 Å². The zero-order valence-corrected chi connectivity index (χ0v) is 13.9. The second-order valence-corrected chi connectivity index (χ2v) is 6.12. The van der Waals surface area contributed by atoms with Gasteiger partial charge in [-0.2, -0.15) is 0 Å². The molecule has 1 saturated heterocycles. The number of piperidine rings is 1. The van der Waals surface area contributed by atoms with Gasteiger partial charge in [0.2, 0.25) is 0 Å². The van der Waals surface area contributed by atoms with Crippen molar-refractivity contribution >= 4 is 17.6 Å². The number of pyridine rings is 1. The van der Waals surface area contributed by atoms with Gasteiger partial charge in [0, 0.05) is 31.5 Å². The molecule has 8 heteroatoms. The van der Waals surface area contributed by atoms with Crippen molar-refractivity contribution in [2.45, 2.75) is 19.4 Å². The van der Waals surface area contributed by atoms with Crippen molar-refractivity contribution in [3.8, 4) is 0 Å². The lowest BCUT2D eigenvalue weighted by molar-refractivity contribution is -0.136. The summed E-state index contributed by atoms with van der Waals surface area (Å²) in [6, 6.07) is 5.53. The summed E-state index contributed by atoms with van der Waals surface area (Å²) in [5.74, 6) is -0.770. The summed E-state index contributed by atoms with van der Waals surface area (Å²) < 4.78 is 4.60. The lowest BCUT2D eigenvalue weighted by Crippen LogP contribution is -2.41. The molecule has 0 saturated carbocycles. The standard InChI is InChI=1S/C17H21N5O3/c23-16(17(24)20-15-5-10-25-21-15)19-11-13-3-8-22(9-4-13)12-14-1-6-18-7-2-14/h1-2,5-7,10,13H,3-4,8-9,11-12H2,(H,19,23)(H,20,21,24). The molecule has 2 N–H and O–H groups in total. The second-order valence-electron chi connectivity index (χ2n) is 6.12. The summed E-state index contributed by atoms with van der Waals surface area (Å²) in [6.07, 6.45) is 6.93. The van der Waals surface area contributed by atoms with E-state index < -0.39 is 11.8 Å². The molecule has 2 aromatic rings. The Morgan fingerprint density at radius 3 is 2.60 bits per heavy atom. The van der Waals surface area contributed by atoms with Crippen LogP contribution in [0.5, 0.6) is 0 Å². The van der Waals surface area contributed by atoms with Crippen LogP contribution in [-0.2, 0) is 16.1 Å². The van der Waals surface area contributed by atoms with Gasteiger partial charge in [-0.3, -0.25) is 24.8 Å². The number of carbonyl (C=O) groups is 2. The molecule has 132 valence electrons. The molecular weight excluding hydrogens is 322 g/mol. The van der Waals surface area contributed by atoms with Crippen molar-refractivity contribution in [1.29, 1.82) is 0 Å². The van der Waals surface area contributed by atoms with Crippen LogP contribution in [0.3, 0.4) is 0 Å². The Morgan fingerprint density at radius 1 is 1.16 bits per heavy atom. The fraction of sp³-hybridized carbons (Fsp3) is 0.412. The molecule has 0 radical (unpaired) electrons. The third-order valence-corrected chi connectivity index (χ3v) is 4.30. The van der Waals surface area contributed by atoms with Gasteiger partial charge < -0.3 is 9.84 Å². The Labute approximate surface area is 145 Å². The minimum atomic E-state index is -0.732. The highest BCUT2D eigenvalue weighted by atomic mass is 16.5. The molecule has 0 bridgehead atoms. The van der Waals surface area contributed by atoms with E-state index >= 15 is 0 Å². The summed E-state index contributed by atoms with van der Waals surface area (Å²) in [4.78, 5) is 30.0. The minimum Gasteiger partial charge on any atom is -0.363 e. The van der Waals surface area contributed by atoms with Crippen molar-refractivity contribution in [2.24, 2.45) is 5.92 Å². The molecule has 3 heterocycles. The number of hydrogen-bond donors (Lipinski definition) is 2. The van der Waals surface area contributed by atoms with Gasteiger partial charge in [-0.25, -0.2) is 0 Å². The average Bonchev–Trinajstić information content (AvgIpc) is 3.14. The maximum atomic E-state index is 11.8. The fourth-order valence-electron chi connectivity index (χ4n) is 2.86. The van der Waals surface area contributed by atoms with E-state index in [2.05, 4.69) is 30.2 Å². The van der Waals surface area contributed by atoms with E-state index in [0.717, 1.165) is 32.5 Å². The SMILES string of the molecule is O=C(NCC1CCN(Cc2ccncc2)CC1)C(=O)Nc1ccon1. The van der Waals surface area contributed by atoms with E-state index in [4.69, 9.17) is 0 Å². The largest absolute Gasteiger partial charge is 0.363 e. The average molecular weight is 343 g/mol. The molecule has 25 heavy (non-hydrogen) atoms. The maximum absolute atomic E-state index is 11.8. The highest BCUT2D eigenvalue weighted by molar-refractivity contribution is 6.39. The Hall–Kier alpha value is -2.74. The first-order chi connectivity index (χ1) is 12.2. The lowest BCUT2D eigenvalue weighted by Gasteiger charge is -2.31. The van der Waals surface area contributed by atoms with E-state index in [-0.39, 0.29) is 5.82 Å². The Balaban J connectivity index is 1.36.